The van der Waals surface area contributed by atoms with Gasteiger partial charge < -0.3 is 14.4 Å². The summed E-state index contributed by atoms with van der Waals surface area (Å²) in [6.45, 7) is 6.96. The Hall–Kier alpha value is -2.23. The van der Waals surface area contributed by atoms with E-state index in [4.69, 9.17) is 0 Å². The second-order valence-electron chi connectivity index (χ2n) is 6.97. The highest BCUT2D eigenvalue weighted by Crippen LogP contribution is 2.24. The molecule has 0 radical (unpaired) electrons. The van der Waals surface area contributed by atoms with Crippen molar-refractivity contribution in [1.82, 2.24) is 9.47 Å². The Bertz CT molecular complexity index is 720. The summed E-state index contributed by atoms with van der Waals surface area (Å²) in [5.74, 6) is 0.665. The van der Waals surface area contributed by atoms with Gasteiger partial charge in [-0.2, -0.15) is 0 Å². The lowest BCUT2D eigenvalue weighted by molar-refractivity contribution is 0.0775. The number of carbonyl (C=O) groups excluding carboxylic acids is 1. The topological polar surface area (TPSA) is 28.5 Å². The van der Waals surface area contributed by atoms with Crippen LogP contribution in [0.15, 0.2) is 36.4 Å². The van der Waals surface area contributed by atoms with E-state index in [1.54, 1.807) is 0 Å². The van der Waals surface area contributed by atoms with Crippen LogP contribution in [0.5, 0.6) is 0 Å². The molecule has 0 spiro atoms. The first-order chi connectivity index (χ1) is 11.5. The summed E-state index contributed by atoms with van der Waals surface area (Å²) < 4.78 is 2.08. The molecule has 128 valence electrons. The summed E-state index contributed by atoms with van der Waals surface area (Å²) in [5, 5.41) is 0. The van der Waals surface area contributed by atoms with Gasteiger partial charge in [-0.15, -0.1) is 0 Å². The zero-order valence-electron chi connectivity index (χ0n) is 15.1. The highest BCUT2D eigenvalue weighted by molar-refractivity contribution is 5.95. The summed E-state index contributed by atoms with van der Waals surface area (Å²) in [6, 6.07) is 12.5. The number of rotatable bonds is 4. The van der Waals surface area contributed by atoms with Gasteiger partial charge in [0, 0.05) is 50.8 Å². The molecular formula is C20H27N3O. The molecule has 0 aliphatic carbocycles. The predicted molar refractivity (Wildman–Crippen MR) is 98.6 cm³/mol. The summed E-state index contributed by atoms with van der Waals surface area (Å²) >= 11 is 0. The van der Waals surface area contributed by atoms with Gasteiger partial charge in [-0.05, 0) is 44.4 Å². The molecule has 1 fully saturated rings. The average Bonchev–Trinajstić information content (AvgIpc) is 3.15. The number of anilines is 1. The van der Waals surface area contributed by atoms with Gasteiger partial charge in [-0.3, -0.25) is 4.79 Å². The number of hydrogen-bond donors (Lipinski definition) is 0. The van der Waals surface area contributed by atoms with Crippen LogP contribution in [0.25, 0.3) is 0 Å². The van der Waals surface area contributed by atoms with Crippen molar-refractivity contribution in [2.45, 2.75) is 20.3 Å². The first-order valence-corrected chi connectivity index (χ1v) is 8.65. The molecule has 1 aliphatic heterocycles. The van der Waals surface area contributed by atoms with Crippen LogP contribution in [0.4, 0.5) is 5.69 Å². The van der Waals surface area contributed by atoms with Crippen LogP contribution in [0.1, 0.15) is 28.2 Å². The molecule has 4 nitrogen and oxygen atoms in total. The number of para-hydroxylation sites is 1. The normalized spacial score (nSPS) is 17.3. The van der Waals surface area contributed by atoms with Crippen molar-refractivity contribution in [2.75, 3.05) is 31.6 Å². The lowest BCUT2D eigenvalue weighted by Crippen LogP contribution is -2.33. The predicted octanol–water partition coefficient (Wildman–Crippen LogP) is 3.24. The first kappa shape index (κ1) is 16.6. The minimum Gasteiger partial charge on any atom is -0.371 e. The van der Waals surface area contributed by atoms with E-state index in [1.165, 1.54) is 5.69 Å². The molecule has 2 aromatic rings. The first-order valence-electron chi connectivity index (χ1n) is 8.65. The Morgan fingerprint density at radius 3 is 2.58 bits per heavy atom. The number of aryl methyl sites for hydroxylation is 1. The molecule has 0 saturated carbocycles. The van der Waals surface area contributed by atoms with Crippen molar-refractivity contribution in [3.05, 3.63) is 53.3 Å². The molecule has 0 N–H and O–H groups in total. The maximum absolute atomic E-state index is 12.8. The number of nitrogens with zero attached hydrogens (tertiary/aromatic N) is 3. The summed E-state index contributed by atoms with van der Waals surface area (Å²) in [5.41, 5.74) is 4.28. The fourth-order valence-electron chi connectivity index (χ4n) is 3.60. The maximum Gasteiger partial charge on any atom is 0.255 e. The van der Waals surface area contributed by atoms with E-state index in [1.807, 2.05) is 45.0 Å². The molecule has 1 aromatic heterocycles. The Morgan fingerprint density at radius 2 is 1.96 bits per heavy atom. The van der Waals surface area contributed by atoms with Gasteiger partial charge in [0.15, 0.2) is 0 Å². The highest BCUT2D eigenvalue weighted by Gasteiger charge is 2.26. The smallest absolute Gasteiger partial charge is 0.255 e. The van der Waals surface area contributed by atoms with E-state index in [-0.39, 0.29) is 5.91 Å². The van der Waals surface area contributed by atoms with E-state index in [9.17, 15) is 4.79 Å². The Labute approximate surface area is 144 Å². The maximum atomic E-state index is 12.8. The molecule has 3 rings (SSSR count). The molecule has 0 unspecified atom stereocenters. The molecule has 1 aliphatic rings. The standard InChI is InChI=1S/C20H27N3O/c1-15-12-19(16(2)22(15)4)20(24)21(3)13-17-10-11-23(14-17)18-8-6-5-7-9-18/h5-9,12,17H,10-11,13-14H2,1-4H3/t17-/m1/s1. The molecule has 1 aromatic carbocycles. The van der Waals surface area contributed by atoms with Gasteiger partial charge in [0.25, 0.3) is 5.91 Å². The molecule has 4 heteroatoms. The average molecular weight is 325 g/mol. The van der Waals surface area contributed by atoms with Crippen LogP contribution >= 0.6 is 0 Å². The summed E-state index contributed by atoms with van der Waals surface area (Å²) in [7, 11) is 3.94. The van der Waals surface area contributed by atoms with Crippen molar-refractivity contribution < 1.29 is 4.79 Å². The van der Waals surface area contributed by atoms with Gasteiger partial charge >= 0.3 is 0 Å². The van der Waals surface area contributed by atoms with E-state index < -0.39 is 0 Å². The van der Waals surface area contributed by atoms with Crippen LogP contribution < -0.4 is 4.90 Å². The van der Waals surface area contributed by atoms with Crippen LogP contribution in [0.2, 0.25) is 0 Å². The highest BCUT2D eigenvalue weighted by atomic mass is 16.2. The zero-order valence-corrected chi connectivity index (χ0v) is 15.1. The van der Waals surface area contributed by atoms with Gasteiger partial charge in [-0.25, -0.2) is 0 Å². The molecular weight excluding hydrogens is 298 g/mol. The van der Waals surface area contributed by atoms with Crippen LogP contribution in [0, 0.1) is 19.8 Å². The van der Waals surface area contributed by atoms with Gasteiger partial charge in [0.2, 0.25) is 0 Å². The van der Waals surface area contributed by atoms with Crippen molar-refractivity contribution in [1.29, 1.82) is 0 Å². The number of benzene rings is 1. The van der Waals surface area contributed by atoms with Crippen molar-refractivity contribution in [3.8, 4) is 0 Å². The second-order valence-corrected chi connectivity index (χ2v) is 6.97. The Kier molecular flexibility index (Phi) is 4.65. The lowest BCUT2D eigenvalue weighted by atomic mass is 10.1. The van der Waals surface area contributed by atoms with Gasteiger partial charge in [0.05, 0.1) is 5.56 Å². The van der Waals surface area contributed by atoms with E-state index in [0.29, 0.717) is 5.92 Å². The molecule has 1 amide bonds. The van der Waals surface area contributed by atoms with Crippen molar-refractivity contribution in [2.24, 2.45) is 13.0 Å². The van der Waals surface area contributed by atoms with E-state index in [2.05, 4.69) is 33.7 Å². The van der Waals surface area contributed by atoms with Crippen LogP contribution in [0.3, 0.4) is 0 Å². The van der Waals surface area contributed by atoms with Gasteiger partial charge in [-0.1, -0.05) is 18.2 Å². The van der Waals surface area contributed by atoms with Gasteiger partial charge in [0.1, 0.15) is 0 Å². The quantitative estimate of drug-likeness (QED) is 0.863. The zero-order chi connectivity index (χ0) is 17.3. The van der Waals surface area contributed by atoms with Crippen molar-refractivity contribution >= 4 is 11.6 Å². The largest absolute Gasteiger partial charge is 0.371 e. The fraction of sp³-hybridized carbons (Fsp3) is 0.450. The number of carbonyl (C=O) groups is 1. The third kappa shape index (κ3) is 3.18. The Morgan fingerprint density at radius 1 is 1.25 bits per heavy atom. The lowest BCUT2D eigenvalue weighted by Gasteiger charge is -2.22. The molecule has 2 heterocycles. The SMILES string of the molecule is Cc1cc(C(=O)N(C)C[C@H]2CCN(c3ccccc3)C2)c(C)n1C. The minimum absolute atomic E-state index is 0.134. The molecule has 1 atom stereocenters. The molecule has 0 bridgehead atoms. The number of hydrogen-bond acceptors (Lipinski definition) is 2. The van der Waals surface area contributed by atoms with E-state index >= 15 is 0 Å². The second kappa shape index (κ2) is 6.71. The van der Waals surface area contributed by atoms with Crippen LogP contribution in [-0.4, -0.2) is 42.1 Å². The molecule has 24 heavy (non-hydrogen) atoms. The number of aromatic nitrogens is 1. The minimum atomic E-state index is 0.134. The third-order valence-electron chi connectivity index (χ3n) is 5.29. The van der Waals surface area contributed by atoms with E-state index in [0.717, 1.165) is 43.0 Å². The van der Waals surface area contributed by atoms with Crippen molar-refractivity contribution in [3.63, 3.8) is 0 Å². The summed E-state index contributed by atoms with van der Waals surface area (Å²) in [4.78, 5) is 17.1. The third-order valence-corrected chi connectivity index (χ3v) is 5.29. The monoisotopic (exact) mass is 325 g/mol. The molecule has 1 saturated heterocycles. The Balaban J connectivity index is 1.62. The number of amides is 1. The van der Waals surface area contributed by atoms with Crippen LogP contribution in [-0.2, 0) is 7.05 Å². The fourth-order valence-corrected chi connectivity index (χ4v) is 3.60. The summed E-state index contributed by atoms with van der Waals surface area (Å²) in [6.07, 6.45) is 1.14.